The topological polar surface area (TPSA) is 63.4 Å². The van der Waals surface area contributed by atoms with E-state index in [4.69, 9.17) is 5.73 Å². The van der Waals surface area contributed by atoms with Crippen LogP contribution < -0.4 is 5.73 Å². The Balaban J connectivity index is 1.72. The smallest absolute Gasteiger partial charge is 0.425 e. The Kier molecular flexibility index (Phi) is 5.09. The average molecular weight is 433 g/mol. The van der Waals surface area contributed by atoms with Crippen molar-refractivity contribution in [2.75, 3.05) is 6.67 Å². The third-order valence-corrected chi connectivity index (χ3v) is 5.07. The molecule has 31 heavy (non-hydrogen) atoms. The zero-order valence-electron chi connectivity index (χ0n) is 15.9. The van der Waals surface area contributed by atoms with Gasteiger partial charge in [0, 0.05) is 34.8 Å². The maximum absolute atomic E-state index is 14.6. The number of H-pyrrole nitrogens is 1. The number of aliphatic imine (C=N–C) groups is 1. The van der Waals surface area contributed by atoms with E-state index in [1.807, 2.05) is 18.2 Å². The fraction of sp³-hybridized carbons (Fsp3) is 0.227. The molecule has 0 amide bonds. The molecule has 1 aromatic heterocycles. The van der Waals surface area contributed by atoms with E-state index in [-0.39, 0.29) is 5.56 Å². The standard InChI is InChI=1S/C22H16F5N3O/c23-12-21(11-19(22(25,26)27)31-20(28)30-21)16-9-13(4-6-17(16)24)1-2-14-3-5-15-7-8-29-18(15)10-14/h3-10,19,29H,11-12H2,(H2,28,30)/t19-,21+/m0/s1. The summed E-state index contributed by atoms with van der Waals surface area (Å²) >= 11 is 0. The van der Waals surface area contributed by atoms with Crippen molar-refractivity contribution in [2.45, 2.75) is 24.2 Å². The van der Waals surface area contributed by atoms with Gasteiger partial charge in [0.05, 0.1) is 0 Å². The molecule has 160 valence electrons. The molecule has 3 aromatic rings. The van der Waals surface area contributed by atoms with Crippen LogP contribution in [0, 0.1) is 17.7 Å². The highest BCUT2D eigenvalue weighted by Gasteiger charge is 2.52. The van der Waals surface area contributed by atoms with Crippen molar-refractivity contribution in [2.24, 2.45) is 10.7 Å². The first-order chi connectivity index (χ1) is 14.7. The molecule has 0 bridgehead atoms. The number of aromatic amines is 1. The Morgan fingerprint density at radius 3 is 2.55 bits per heavy atom. The van der Waals surface area contributed by atoms with Crippen LogP contribution in [0.3, 0.4) is 0 Å². The molecule has 0 aliphatic carbocycles. The molecule has 0 spiro atoms. The van der Waals surface area contributed by atoms with Crippen molar-refractivity contribution in [3.63, 3.8) is 0 Å². The lowest BCUT2D eigenvalue weighted by atomic mass is 9.84. The second-order valence-electron chi connectivity index (χ2n) is 7.19. The molecule has 2 atom stereocenters. The highest BCUT2D eigenvalue weighted by atomic mass is 19.4. The van der Waals surface area contributed by atoms with Gasteiger partial charge in [-0.1, -0.05) is 17.9 Å². The molecule has 9 heteroatoms. The molecule has 0 radical (unpaired) electrons. The van der Waals surface area contributed by atoms with Gasteiger partial charge in [0.2, 0.25) is 0 Å². The largest absolute Gasteiger partial charge is 0.452 e. The maximum atomic E-state index is 14.6. The number of alkyl halides is 4. The molecule has 4 rings (SSSR count). The van der Waals surface area contributed by atoms with Crippen LogP contribution in [0.15, 0.2) is 53.7 Å². The first-order valence-electron chi connectivity index (χ1n) is 9.24. The summed E-state index contributed by atoms with van der Waals surface area (Å²) in [5.74, 6) is 4.84. The minimum atomic E-state index is -4.81. The van der Waals surface area contributed by atoms with Gasteiger partial charge in [-0.2, -0.15) is 13.2 Å². The minimum Gasteiger partial charge on any atom is -0.452 e. The van der Waals surface area contributed by atoms with E-state index in [0.717, 1.165) is 17.0 Å². The van der Waals surface area contributed by atoms with Crippen molar-refractivity contribution in [1.29, 1.82) is 0 Å². The quantitative estimate of drug-likeness (QED) is 0.461. The predicted octanol–water partition coefficient (Wildman–Crippen LogP) is 4.54. The first-order valence-corrected chi connectivity index (χ1v) is 9.24. The van der Waals surface area contributed by atoms with Crippen LogP contribution >= 0.6 is 0 Å². The van der Waals surface area contributed by atoms with Gasteiger partial charge in [-0.05, 0) is 41.8 Å². The van der Waals surface area contributed by atoms with E-state index in [9.17, 15) is 22.0 Å². The van der Waals surface area contributed by atoms with Gasteiger partial charge in [-0.3, -0.25) is 0 Å². The van der Waals surface area contributed by atoms with E-state index in [0.29, 0.717) is 11.1 Å². The second kappa shape index (κ2) is 7.61. The Bertz CT molecular complexity index is 1220. The van der Waals surface area contributed by atoms with E-state index in [1.54, 1.807) is 12.3 Å². The number of fused-ring (bicyclic) bond motifs is 1. The highest BCUT2D eigenvalue weighted by Crippen LogP contribution is 2.41. The Morgan fingerprint density at radius 2 is 1.84 bits per heavy atom. The number of nitrogens with zero attached hydrogens (tertiary/aromatic N) is 1. The zero-order valence-corrected chi connectivity index (χ0v) is 15.9. The normalized spacial score (nSPS) is 21.2. The molecule has 0 saturated heterocycles. The number of benzene rings is 2. The summed E-state index contributed by atoms with van der Waals surface area (Å²) < 4.78 is 72.8. The van der Waals surface area contributed by atoms with Gasteiger partial charge in [-0.15, -0.1) is 0 Å². The van der Waals surface area contributed by atoms with Crippen molar-refractivity contribution < 1.29 is 26.7 Å². The minimum absolute atomic E-state index is 0.291. The number of hydrogen-bond donors (Lipinski definition) is 2. The van der Waals surface area contributed by atoms with Crippen molar-refractivity contribution in [3.05, 3.63) is 71.2 Å². The average Bonchev–Trinajstić information content (AvgIpc) is 3.20. The number of rotatable bonds is 2. The van der Waals surface area contributed by atoms with Gasteiger partial charge in [-0.25, -0.2) is 13.8 Å². The third kappa shape index (κ3) is 4.06. The van der Waals surface area contributed by atoms with E-state index in [1.165, 1.54) is 12.1 Å². The molecular formula is C22H16F5N3O. The van der Waals surface area contributed by atoms with Crippen LogP contribution in [0.1, 0.15) is 23.1 Å². The van der Waals surface area contributed by atoms with Crippen molar-refractivity contribution in [1.82, 2.24) is 4.98 Å². The van der Waals surface area contributed by atoms with Gasteiger partial charge in [0.25, 0.3) is 6.02 Å². The lowest BCUT2D eigenvalue weighted by molar-refractivity contribution is -0.209. The van der Waals surface area contributed by atoms with E-state index in [2.05, 4.69) is 26.6 Å². The summed E-state index contributed by atoms with van der Waals surface area (Å²) in [6.07, 6.45) is -6.36. The number of nitrogens with two attached hydrogens (primary N) is 1. The Hall–Kier alpha value is -3.54. The third-order valence-electron chi connectivity index (χ3n) is 5.07. The van der Waals surface area contributed by atoms with Gasteiger partial charge in [0.1, 0.15) is 18.0 Å². The van der Waals surface area contributed by atoms with Crippen molar-refractivity contribution >= 4 is 16.9 Å². The summed E-state index contributed by atoms with van der Waals surface area (Å²) in [4.78, 5) is 6.78. The summed E-state index contributed by atoms with van der Waals surface area (Å²) in [5.41, 5.74) is 4.71. The lowest BCUT2D eigenvalue weighted by Gasteiger charge is -2.36. The molecule has 3 N–H and O–H groups in total. The van der Waals surface area contributed by atoms with Crippen LogP contribution in [0.2, 0.25) is 0 Å². The summed E-state index contributed by atoms with van der Waals surface area (Å²) in [6.45, 7) is -1.39. The van der Waals surface area contributed by atoms with E-state index >= 15 is 0 Å². The van der Waals surface area contributed by atoms with Crippen molar-refractivity contribution in [3.8, 4) is 11.8 Å². The van der Waals surface area contributed by atoms with Crippen LogP contribution in [-0.4, -0.2) is 30.0 Å². The van der Waals surface area contributed by atoms with Gasteiger partial charge < -0.3 is 15.5 Å². The lowest BCUT2D eigenvalue weighted by Crippen LogP contribution is -2.48. The fourth-order valence-corrected chi connectivity index (χ4v) is 3.52. The molecule has 0 unspecified atom stereocenters. The van der Waals surface area contributed by atoms with Crippen LogP contribution in [-0.2, 0) is 10.3 Å². The monoisotopic (exact) mass is 433 g/mol. The summed E-state index contributed by atoms with van der Waals surface area (Å²) in [7, 11) is 0. The number of aromatic nitrogens is 1. The SMILES string of the molecule is NC1=N[C@](CF)(c2cc(C#Cc3ccc4cc[nH]c4c3)ccc2F)C[C@@H](C(F)(F)F)O1. The van der Waals surface area contributed by atoms with Crippen LogP contribution in [0.4, 0.5) is 22.0 Å². The van der Waals surface area contributed by atoms with Crippen LogP contribution in [0.5, 0.6) is 0 Å². The number of amidine groups is 1. The molecule has 2 heterocycles. The maximum Gasteiger partial charge on any atom is 0.425 e. The molecule has 1 aliphatic heterocycles. The van der Waals surface area contributed by atoms with Crippen LogP contribution in [0.25, 0.3) is 10.9 Å². The molecular weight excluding hydrogens is 417 g/mol. The summed E-state index contributed by atoms with van der Waals surface area (Å²) in [6, 6.07) is 10.1. The number of halogens is 5. The van der Waals surface area contributed by atoms with E-state index < -0.39 is 42.8 Å². The second-order valence-corrected chi connectivity index (χ2v) is 7.19. The number of ether oxygens (including phenoxy) is 1. The highest BCUT2D eigenvalue weighted by molar-refractivity contribution is 5.80. The predicted molar refractivity (Wildman–Crippen MR) is 105 cm³/mol. The number of nitrogens with one attached hydrogen (secondary N) is 1. The molecule has 0 saturated carbocycles. The number of hydrogen-bond acceptors (Lipinski definition) is 3. The van der Waals surface area contributed by atoms with Gasteiger partial charge in [0.15, 0.2) is 6.10 Å². The first kappa shape index (κ1) is 20.7. The molecule has 1 aliphatic rings. The molecule has 4 nitrogen and oxygen atoms in total. The molecule has 2 aromatic carbocycles. The summed E-state index contributed by atoms with van der Waals surface area (Å²) in [5, 5.41) is 1.01. The Morgan fingerprint density at radius 1 is 1.13 bits per heavy atom. The fourth-order valence-electron chi connectivity index (χ4n) is 3.52. The zero-order chi connectivity index (χ0) is 22.2. The molecule has 0 fully saturated rings. The Labute approximate surface area is 173 Å². The van der Waals surface area contributed by atoms with Gasteiger partial charge >= 0.3 is 6.18 Å².